The fourth-order valence-electron chi connectivity index (χ4n) is 1.59. The van der Waals surface area contributed by atoms with Crippen molar-refractivity contribution in [3.63, 3.8) is 0 Å². The van der Waals surface area contributed by atoms with Crippen LogP contribution in [0, 0.1) is 0 Å². The molecule has 0 spiro atoms. The standard InChI is InChI=1S/C11H7N3/c1-2-8-3-4-9-6-12-7-14-11(9)10(8)13-5-1/h1-7H. The summed E-state index contributed by atoms with van der Waals surface area (Å²) in [7, 11) is 0. The van der Waals surface area contributed by atoms with E-state index in [0.717, 1.165) is 21.8 Å². The van der Waals surface area contributed by atoms with Crippen LogP contribution in [-0.2, 0) is 0 Å². The quantitative estimate of drug-likeness (QED) is 0.499. The molecular formula is C11H7N3. The van der Waals surface area contributed by atoms with Gasteiger partial charge in [-0.3, -0.25) is 4.98 Å². The Morgan fingerprint density at radius 1 is 0.857 bits per heavy atom. The smallest absolute Gasteiger partial charge is 0.116 e. The number of benzene rings is 1. The minimum Gasteiger partial charge on any atom is -0.254 e. The van der Waals surface area contributed by atoms with E-state index in [1.807, 2.05) is 24.3 Å². The maximum Gasteiger partial charge on any atom is 0.116 e. The number of nitrogens with zero attached hydrogens (tertiary/aromatic N) is 3. The average Bonchev–Trinajstić information content (AvgIpc) is 2.29. The molecule has 3 heteroatoms. The zero-order valence-corrected chi connectivity index (χ0v) is 7.38. The summed E-state index contributed by atoms with van der Waals surface area (Å²) >= 11 is 0. The molecule has 0 aliphatic carbocycles. The maximum atomic E-state index is 4.32. The van der Waals surface area contributed by atoms with E-state index in [1.54, 1.807) is 18.7 Å². The lowest BCUT2D eigenvalue weighted by Crippen LogP contribution is -1.85. The summed E-state index contributed by atoms with van der Waals surface area (Å²) in [6.07, 6.45) is 5.14. The third kappa shape index (κ3) is 0.956. The van der Waals surface area contributed by atoms with E-state index in [-0.39, 0.29) is 0 Å². The molecule has 2 aromatic heterocycles. The number of rotatable bonds is 0. The van der Waals surface area contributed by atoms with Crippen molar-refractivity contribution >= 4 is 21.8 Å². The normalized spacial score (nSPS) is 10.9. The summed E-state index contributed by atoms with van der Waals surface area (Å²) in [5.41, 5.74) is 1.85. The van der Waals surface area contributed by atoms with Crippen LogP contribution < -0.4 is 0 Å². The minimum atomic E-state index is 0.915. The predicted molar refractivity (Wildman–Crippen MR) is 54.8 cm³/mol. The van der Waals surface area contributed by atoms with E-state index < -0.39 is 0 Å². The van der Waals surface area contributed by atoms with Crippen molar-refractivity contribution in [1.29, 1.82) is 0 Å². The summed E-state index contributed by atoms with van der Waals surface area (Å²) in [5.74, 6) is 0. The maximum absolute atomic E-state index is 4.32. The van der Waals surface area contributed by atoms with Crippen molar-refractivity contribution in [2.45, 2.75) is 0 Å². The summed E-state index contributed by atoms with van der Waals surface area (Å²) in [6.45, 7) is 0. The molecule has 0 aliphatic rings. The van der Waals surface area contributed by atoms with Gasteiger partial charge in [0.15, 0.2) is 0 Å². The Hall–Kier alpha value is -2.03. The molecule has 3 nitrogen and oxygen atoms in total. The lowest BCUT2D eigenvalue weighted by atomic mass is 10.1. The molecule has 0 radical (unpaired) electrons. The highest BCUT2D eigenvalue weighted by Gasteiger charge is 2.00. The lowest BCUT2D eigenvalue weighted by Gasteiger charge is -1.99. The highest BCUT2D eigenvalue weighted by Crippen LogP contribution is 2.19. The fraction of sp³-hybridized carbons (Fsp3) is 0. The van der Waals surface area contributed by atoms with E-state index >= 15 is 0 Å². The molecule has 3 aromatic rings. The van der Waals surface area contributed by atoms with Crippen LogP contribution in [-0.4, -0.2) is 15.0 Å². The first-order valence-electron chi connectivity index (χ1n) is 4.38. The van der Waals surface area contributed by atoms with E-state index in [0.29, 0.717) is 0 Å². The van der Waals surface area contributed by atoms with Crippen LogP contribution in [0.5, 0.6) is 0 Å². The SMILES string of the molecule is c1cnc2c(c1)ccc1cncnc12. The van der Waals surface area contributed by atoms with Gasteiger partial charge in [-0.25, -0.2) is 9.97 Å². The summed E-state index contributed by atoms with van der Waals surface area (Å²) in [5, 5.41) is 2.14. The largest absolute Gasteiger partial charge is 0.254 e. The Kier molecular flexibility index (Phi) is 1.44. The summed E-state index contributed by atoms with van der Waals surface area (Å²) in [4.78, 5) is 12.5. The molecule has 0 N–H and O–H groups in total. The van der Waals surface area contributed by atoms with Crippen molar-refractivity contribution < 1.29 is 0 Å². The molecule has 0 amide bonds. The third-order valence-corrected chi connectivity index (χ3v) is 2.25. The number of hydrogen-bond acceptors (Lipinski definition) is 3. The predicted octanol–water partition coefficient (Wildman–Crippen LogP) is 2.18. The molecule has 66 valence electrons. The van der Waals surface area contributed by atoms with Crippen LogP contribution in [0.3, 0.4) is 0 Å². The Balaban J connectivity index is 2.61. The monoisotopic (exact) mass is 181 g/mol. The second-order valence-electron chi connectivity index (χ2n) is 3.10. The second kappa shape index (κ2) is 2.73. The highest BCUT2D eigenvalue weighted by molar-refractivity contribution is 6.01. The van der Waals surface area contributed by atoms with Gasteiger partial charge < -0.3 is 0 Å². The highest BCUT2D eigenvalue weighted by atomic mass is 14.8. The fourth-order valence-corrected chi connectivity index (χ4v) is 1.59. The van der Waals surface area contributed by atoms with Gasteiger partial charge >= 0.3 is 0 Å². The van der Waals surface area contributed by atoms with Crippen molar-refractivity contribution in [3.05, 3.63) is 43.0 Å². The minimum absolute atomic E-state index is 0.915. The molecule has 0 atom stereocenters. The third-order valence-electron chi connectivity index (χ3n) is 2.25. The summed E-state index contributed by atoms with van der Waals surface area (Å²) < 4.78 is 0. The van der Waals surface area contributed by atoms with Crippen LogP contribution in [0.4, 0.5) is 0 Å². The van der Waals surface area contributed by atoms with Gasteiger partial charge in [0, 0.05) is 23.2 Å². The van der Waals surface area contributed by atoms with Crippen molar-refractivity contribution in [3.8, 4) is 0 Å². The number of pyridine rings is 1. The zero-order chi connectivity index (χ0) is 9.38. The van der Waals surface area contributed by atoms with Gasteiger partial charge in [-0.1, -0.05) is 18.2 Å². The van der Waals surface area contributed by atoms with Gasteiger partial charge in [0.25, 0.3) is 0 Å². The Labute approximate surface area is 80.5 Å². The zero-order valence-electron chi connectivity index (χ0n) is 7.38. The molecule has 0 fully saturated rings. The first-order chi connectivity index (χ1) is 6.95. The number of hydrogen-bond donors (Lipinski definition) is 0. The average molecular weight is 181 g/mol. The molecule has 1 aromatic carbocycles. The van der Waals surface area contributed by atoms with E-state index in [2.05, 4.69) is 15.0 Å². The van der Waals surface area contributed by atoms with Gasteiger partial charge in [-0.05, 0) is 6.07 Å². The Morgan fingerprint density at radius 3 is 2.71 bits per heavy atom. The van der Waals surface area contributed by atoms with Crippen molar-refractivity contribution in [2.24, 2.45) is 0 Å². The molecule has 0 bridgehead atoms. The van der Waals surface area contributed by atoms with E-state index in [4.69, 9.17) is 0 Å². The molecule has 14 heavy (non-hydrogen) atoms. The Morgan fingerprint density at radius 2 is 1.71 bits per heavy atom. The first-order valence-corrected chi connectivity index (χ1v) is 4.38. The molecule has 0 saturated carbocycles. The van der Waals surface area contributed by atoms with Crippen LogP contribution in [0.2, 0.25) is 0 Å². The van der Waals surface area contributed by atoms with Gasteiger partial charge in [0.05, 0.1) is 11.0 Å². The lowest BCUT2D eigenvalue weighted by molar-refractivity contribution is 1.22. The van der Waals surface area contributed by atoms with Crippen LogP contribution in [0.25, 0.3) is 21.8 Å². The first kappa shape index (κ1) is 7.38. The number of aromatic nitrogens is 3. The van der Waals surface area contributed by atoms with Crippen molar-refractivity contribution in [2.75, 3.05) is 0 Å². The summed E-state index contributed by atoms with van der Waals surface area (Å²) in [6, 6.07) is 8.01. The molecule has 0 saturated heterocycles. The van der Waals surface area contributed by atoms with Gasteiger partial charge in [0.2, 0.25) is 0 Å². The second-order valence-corrected chi connectivity index (χ2v) is 3.10. The van der Waals surface area contributed by atoms with E-state index in [1.165, 1.54) is 0 Å². The topological polar surface area (TPSA) is 38.7 Å². The molecule has 0 aliphatic heterocycles. The van der Waals surface area contributed by atoms with Crippen LogP contribution in [0.1, 0.15) is 0 Å². The Bertz CT molecular complexity index is 550. The van der Waals surface area contributed by atoms with Crippen molar-refractivity contribution in [1.82, 2.24) is 15.0 Å². The van der Waals surface area contributed by atoms with Gasteiger partial charge in [0.1, 0.15) is 6.33 Å². The number of fused-ring (bicyclic) bond motifs is 3. The molecule has 0 unspecified atom stereocenters. The van der Waals surface area contributed by atoms with Gasteiger partial charge in [-0.15, -0.1) is 0 Å². The van der Waals surface area contributed by atoms with Gasteiger partial charge in [-0.2, -0.15) is 0 Å². The molecule has 2 heterocycles. The van der Waals surface area contributed by atoms with Crippen LogP contribution >= 0.6 is 0 Å². The van der Waals surface area contributed by atoms with E-state index in [9.17, 15) is 0 Å². The van der Waals surface area contributed by atoms with Crippen LogP contribution in [0.15, 0.2) is 43.0 Å². The molecular weight excluding hydrogens is 174 g/mol. The molecule has 3 rings (SSSR count).